The summed E-state index contributed by atoms with van der Waals surface area (Å²) in [6.07, 6.45) is -4.36. The SMILES string of the molecule is CCN(CC(F)(F)F)c1snc(N)c1C(=O)NC(C)C. The largest absolute Gasteiger partial charge is 0.405 e. The third-order valence-electron chi connectivity index (χ3n) is 2.39. The number of nitrogen functional groups attached to an aromatic ring is 1. The highest BCUT2D eigenvalue weighted by molar-refractivity contribution is 7.11. The fourth-order valence-electron chi connectivity index (χ4n) is 1.60. The molecule has 9 heteroatoms. The maximum Gasteiger partial charge on any atom is 0.405 e. The molecule has 114 valence electrons. The minimum atomic E-state index is -4.36. The van der Waals surface area contributed by atoms with E-state index in [1.54, 1.807) is 20.8 Å². The number of carbonyl (C=O) groups excluding carboxylic acids is 1. The normalized spacial score (nSPS) is 11.8. The van der Waals surface area contributed by atoms with E-state index in [0.717, 1.165) is 16.4 Å². The van der Waals surface area contributed by atoms with Crippen molar-refractivity contribution < 1.29 is 18.0 Å². The first-order valence-corrected chi connectivity index (χ1v) is 6.80. The number of amides is 1. The predicted octanol–water partition coefficient (Wildman–Crippen LogP) is 2.25. The number of anilines is 2. The maximum absolute atomic E-state index is 12.5. The highest BCUT2D eigenvalue weighted by atomic mass is 32.1. The van der Waals surface area contributed by atoms with Crippen LogP contribution >= 0.6 is 11.5 Å². The molecule has 0 unspecified atom stereocenters. The third kappa shape index (κ3) is 4.26. The second kappa shape index (κ2) is 6.29. The summed E-state index contributed by atoms with van der Waals surface area (Å²) in [4.78, 5) is 13.1. The van der Waals surface area contributed by atoms with Crippen LogP contribution in [0.3, 0.4) is 0 Å². The molecule has 1 heterocycles. The summed E-state index contributed by atoms with van der Waals surface area (Å²) in [5.41, 5.74) is 5.61. The number of nitrogens with two attached hydrogens (primary N) is 1. The van der Waals surface area contributed by atoms with Crippen molar-refractivity contribution in [3.63, 3.8) is 0 Å². The Hall–Kier alpha value is -1.51. The molecule has 0 radical (unpaired) electrons. The Labute approximate surface area is 119 Å². The van der Waals surface area contributed by atoms with Gasteiger partial charge < -0.3 is 16.0 Å². The van der Waals surface area contributed by atoms with Gasteiger partial charge in [-0.25, -0.2) is 0 Å². The minimum Gasteiger partial charge on any atom is -0.382 e. The molecular formula is C11H17F3N4OS. The molecule has 3 N–H and O–H groups in total. The first kappa shape index (κ1) is 16.5. The first-order valence-electron chi connectivity index (χ1n) is 6.03. The molecule has 1 rings (SSSR count). The molecule has 0 spiro atoms. The smallest absolute Gasteiger partial charge is 0.382 e. The monoisotopic (exact) mass is 310 g/mol. The van der Waals surface area contributed by atoms with E-state index in [0.29, 0.717) is 0 Å². The lowest BCUT2D eigenvalue weighted by molar-refractivity contribution is -0.119. The Kier molecular flexibility index (Phi) is 5.21. The van der Waals surface area contributed by atoms with Gasteiger partial charge in [-0.15, -0.1) is 0 Å². The summed E-state index contributed by atoms with van der Waals surface area (Å²) >= 11 is 0.795. The van der Waals surface area contributed by atoms with E-state index in [4.69, 9.17) is 5.73 Å². The fourth-order valence-corrected chi connectivity index (χ4v) is 2.47. The highest BCUT2D eigenvalue weighted by Crippen LogP contribution is 2.32. The second-order valence-electron chi connectivity index (χ2n) is 4.51. The number of hydrogen-bond acceptors (Lipinski definition) is 5. The van der Waals surface area contributed by atoms with Gasteiger partial charge in [0.15, 0.2) is 5.82 Å². The quantitative estimate of drug-likeness (QED) is 0.875. The van der Waals surface area contributed by atoms with Crippen LogP contribution in [0.25, 0.3) is 0 Å². The number of rotatable bonds is 5. The van der Waals surface area contributed by atoms with E-state index in [2.05, 4.69) is 9.69 Å². The molecule has 0 aliphatic carbocycles. The molecule has 0 saturated heterocycles. The Morgan fingerprint density at radius 1 is 1.50 bits per heavy atom. The summed E-state index contributed by atoms with van der Waals surface area (Å²) in [7, 11) is 0. The lowest BCUT2D eigenvalue weighted by atomic mass is 10.2. The average Bonchev–Trinajstić information content (AvgIpc) is 2.65. The van der Waals surface area contributed by atoms with E-state index >= 15 is 0 Å². The molecule has 0 aliphatic rings. The molecule has 1 amide bonds. The van der Waals surface area contributed by atoms with E-state index in [1.165, 1.54) is 0 Å². The van der Waals surface area contributed by atoms with Gasteiger partial charge >= 0.3 is 6.18 Å². The Morgan fingerprint density at radius 2 is 2.10 bits per heavy atom. The lowest BCUT2D eigenvalue weighted by Gasteiger charge is -2.23. The molecule has 0 atom stereocenters. The average molecular weight is 310 g/mol. The molecule has 0 aliphatic heterocycles. The van der Waals surface area contributed by atoms with Crippen LogP contribution < -0.4 is 16.0 Å². The van der Waals surface area contributed by atoms with Gasteiger partial charge in [-0.3, -0.25) is 4.79 Å². The van der Waals surface area contributed by atoms with Gasteiger partial charge in [0.25, 0.3) is 5.91 Å². The van der Waals surface area contributed by atoms with Crippen LogP contribution in [0.2, 0.25) is 0 Å². The van der Waals surface area contributed by atoms with Crippen LogP contribution in [0, 0.1) is 0 Å². The molecule has 0 fully saturated rings. The van der Waals surface area contributed by atoms with Crippen molar-refractivity contribution in [2.24, 2.45) is 0 Å². The van der Waals surface area contributed by atoms with Crippen LogP contribution in [0.4, 0.5) is 24.0 Å². The Balaban J connectivity index is 3.09. The van der Waals surface area contributed by atoms with E-state index < -0.39 is 18.6 Å². The van der Waals surface area contributed by atoms with Crippen molar-refractivity contribution >= 4 is 28.3 Å². The highest BCUT2D eigenvalue weighted by Gasteiger charge is 2.33. The molecule has 0 bridgehead atoms. The van der Waals surface area contributed by atoms with Crippen molar-refractivity contribution in [3.8, 4) is 0 Å². The van der Waals surface area contributed by atoms with Gasteiger partial charge in [-0.05, 0) is 32.3 Å². The lowest BCUT2D eigenvalue weighted by Crippen LogP contribution is -2.36. The molecule has 1 aromatic heterocycles. The molecule has 0 saturated carbocycles. The van der Waals surface area contributed by atoms with Gasteiger partial charge in [-0.1, -0.05) is 0 Å². The summed E-state index contributed by atoms with van der Waals surface area (Å²) in [5.74, 6) is -0.564. The molecule has 20 heavy (non-hydrogen) atoms. The molecule has 5 nitrogen and oxygen atoms in total. The van der Waals surface area contributed by atoms with Gasteiger partial charge in [0.05, 0.1) is 0 Å². The summed E-state index contributed by atoms with van der Waals surface area (Å²) < 4.78 is 41.4. The van der Waals surface area contributed by atoms with Crippen LogP contribution in [0.5, 0.6) is 0 Å². The Bertz CT molecular complexity index is 473. The van der Waals surface area contributed by atoms with Crippen LogP contribution in [0.1, 0.15) is 31.1 Å². The van der Waals surface area contributed by atoms with E-state index in [1.807, 2.05) is 0 Å². The van der Waals surface area contributed by atoms with Crippen molar-refractivity contribution in [1.82, 2.24) is 9.69 Å². The number of carbonyl (C=O) groups is 1. The summed E-state index contributed by atoms with van der Waals surface area (Å²) in [6, 6.07) is -0.146. The molecular weight excluding hydrogens is 293 g/mol. The standard InChI is InChI=1S/C11H17F3N4OS/c1-4-18(5-11(12,13)14)10-7(8(15)17-20-10)9(19)16-6(2)3/h6H,4-5H2,1-3H3,(H2,15,17)(H,16,19). The van der Waals surface area contributed by atoms with Crippen molar-refractivity contribution in [2.75, 3.05) is 23.7 Å². The van der Waals surface area contributed by atoms with Gasteiger partial charge in [0, 0.05) is 12.6 Å². The van der Waals surface area contributed by atoms with E-state index in [-0.39, 0.29) is 29.0 Å². The number of nitrogens with one attached hydrogen (secondary N) is 1. The van der Waals surface area contributed by atoms with Gasteiger partial charge in [0.1, 0.15) is 17.1 Å². The number of aromatic nitrogens is 1. The number of halogens is 3. The van der Waals surface area contributed by atoms with E-state index in [9.17, 15) is 18.0 Å². The van der Waals surface area contributed by atoms with Gasteiger partial charge in [-0.2, -0.15) is 17.5 Å². The Morgan fingerprint density at radius 3 is 2.55 bits per heavy atom. The molecule has 1 aromatic rings. The van der Waals surface area contributed by atoms with Crippen molar-refractivity contribution in [1.29, 1.82) is 0 Å². The van der Waals surface area contributed by atoms with Crippen molar-refractivity contribution in [3.05, 3.63) is 5.56 Å². The second-order valence-corrected chi connectivity index (χ2v) is 5.26. The fraction of sp³-hybridized carbons (Fsp3) is 0.636. The number of nitrogens with zero attached hydrogens (tertiary/aromatic N) is 2. The minimum absolute atomic E-state index is 0.00907. The summed E-state index contributed by atoms with van der Waals surface area (Å²) in [6.45, 7) is 4.03. The topological polar surface area (TPSA) is 71.2 Å². The maximum atomic E-state index is 12.5. The summed E-state index contributed by atoms with van der Waals surface area (Å²) in [5, 5.41) is 2.75. The zero-order valence-electron chi connectivity index (χ0n) is 11.4. The van der Waals surface area contributed by atoms with Crippen LogP contribution in [0.15, 0.2) is 0 Å². The van der Waals surface area contributed by atoms with Crippen LogP contribution in [-0.2, 0) is 0 Å². The third-order valence-corrected chi connectivity index (χ3v) is 3.31. The first-order chi connectivity index (χ1) is 9.15. The van der Waals surface area contributed by atoms with Crippen molar-refractivity contribution in [2.45, 2.75) is 33.0 Å². The zero-order valence-corrected chi connectivity index (χ0v) is 12.2. The predicted molar refractivity (Wildman–Crippen MR) is 73.1 cm³/mol. The zero-order chi connectivity index (χ0) is 15.5. The number of hydrogen-bond donors (Lipinski definition) is 2. The molecule has 0 aromatic carbocycles. The van der Waals surface area contributed by atoms with Crippen LogP contribution in [-0.4, -0.2) is 35.6 Å². The van der Waals surface area contributed by atoms with Gasteiger partial charge in [0.2, 0.25) is 0 Å². The number of alkyl halides is 3.